The first kappa shape index (κ1) is 13.1. The molecule has 100 valence electrons. The number of ether oxygens (including phenoxy) is 1. The Labute approximate surface area is 110 Å². The Morgan fingerprint density at radius 1 is 1.37 bits per heavy atom. The van der Waals surface area contributed by atoms with E-state index < -0.39 is 4.92 Å². The van der Waals surface area contributed by atoms with Gasteiger partial charge in [-0.2, -0.15) is 0 Å². The van der Waals surface area contributed by atoms with Crippen LogP contribution >= 0.6 is 0 Å². The monoisotopic (exact) mass is 261 g/mol. The Balaban J connectivity index is 0.000000163. The molecule has 0 radical (unpaired) electrons. The van der Waals surface area contributed by atoms with Crippen molar-refractivity contribution < 1.29 is 9.66 Å². The normalized spacial score (nSPS) is 12.7. The second kappa shape index (κ2) is 5.99. The second-order valence-corrected chi connectivity index (χ2v) is 4.19. The molecule has 6 nitrogen and oxygen atoms in total. The van der Waals surface area contributed by atoms with Crippen LogP contribution in [0.1, 0.15) is 12.0 Å². The Bertz CT molecular complexity index is 528. The molecule has 6 heteroatoms. The van der Waals surface area contributed by atoms with E-state index in [0.717, 1.165) is 13.0 Å². The molecule has 0 N–H and O–H groups in total. The number of rotatable bonds is 1. The van der Waals surface area contributed by atoms with Crippen LogP contribution in [0.3, 0.4) is 0 Å². The summed E-state index contributed by atoms with van der Waals surface area (Å²) in [5, 5.41) is 10.3. The average molecular weight is 261 g/mol. The van der Waals surface area contributed by atoms with Crippen LogP contribution in [0.5, 0.6) is 6.01 Å². The molecule has 0 saturated heterocycles. The summed E-state index contributed by atoms with van der Waals surface area (Å²) < 4.78 is 6.76. The maximum atomic E-state index is 10.3. The van der Waals surface area contributed by atoms with Crippen molar-refractivity contribution in [2.45, 2.75) is 19.9 Å². The van der Waals surface area contributed by atoms with E-state index >= 15 is 0 Å². The summed E-state index contributed by atoms with van der Waals surface area (Å²) in [5.74, 6) is -0.146. The molecule has 1 aromatic heterocycles. The standard InChI is InChI=1S/C7H8.C6H7N3O3/c1-7-5-3-2-4-6-7;10-9(11)5-4-8-2-1-3-12-6(8)7-5/h2-6H,1H3;4H,1-3H2. The molecule has 2 heterocycles. The molecule has 0 spiro atoms. The first-order valence-corrected chi connectivity index (χ1v) is 6.03. The highest BCUT2D eigenvalue weighted by Gasteiger charge is 2.22. The van der Waals surface area contributed by atoms with Gasteiger partial charge in [-0.3, -0.25) is 4.57 Å². The molecule has 0 bridgehead atoms. The third-order valence-electron chi connectivity index (χ3n) is 2.63. The highest BCUT2D eigenvalue weighted by molar-refractivity contribution is 5.21. The summed E-state index contributed by atoms with van der Waals surface area (Å²) in [6.07, 6.45) is 2.27. The van der Waals surface area contributed by atoms with Crippen LogP contribution in [0.4, 0.5) is 5.82 Å². The maximum Gasteiger partial charge on any atom is 0.414 e. The fourth-order valence-corrected chi connectivity index (χ4v) is 1.68. The fourth-order valence-electron chi connectivity index (χ4n) is 1.68. The van der Waals surface area contributed by atoms with Crippen molar-refractivity contribution in [1.29, 1.82) is 0 Å². The van der Waals surface area contributed by atoms with Gasteiger partial charge in [0, 0.05) is 11.5 Å². The SMILES string of the molecule is Cc1ccccc1.O=[N+]([O-])c1cn2c(n1)OCCC2. The van der Waals surface area contributed by atoms with Gasteiger partial charge in [-0.25, -0.2) is 0 Å². The van der Waals surface area contributed by atoms with E-state index in [0.29, 0.717) is 12.6 Å². The largest absolute Gasteiger partial charge is 0.446 e. The first-order valence-electron chi connectivity index (χ1n) is 6.03. The first-order chi connectivity index (χ1) is 9.16. The summed E-state index contributed by atoms with van der Waals surface area (Å²) in [5.41, 5.74) is 1.32. The summed E-state index contributed by atoms with van der Waals surface area (Å²) in [6.45, 7) is 3.42. The van der Waals surface area contributed by atoms with E-state index in [1.807, 2.05) is 18.2 Å². The van der Waals surface area contributed by atoms with E-state index in [1.165, 1.54) is 11.8 Å². The Morgan fingerprint density at radius 2 is 2.11 bits per heavy atom. The minimum Gasteiger partial charge on any atom is -0.446 e. The zero-order chi connectivity index (χ0) is 13.7. The molecule has 0 amide bonds. The van der Waals surface area contributed by atoms with E-state index in [2.05, 4.69) is 24.0 Å². The summed E-state index contributed by atoms with van der Waals surface area (Å²) in [7, 11) is 0. The van der Waals surface area contributed by atoms with Gasteiger partial charge >= 0.3 is 11.8 Å². The maximum absolute atomic E-state index is 10.3. The van der Waals surface area contributed by atoms with Crippen molar-refractivity contribution in [3.05, 3.63) is 52.2 Å². The summed E-state index contributed by atoms with van der Waals surface area (Å²) >= 11 is 0. The van der Waals surface area contributed by atoms with Gasteiger partial charge < -0.3 is 14.9 Å². The van der Waals surface area contributed by atoms with Gasteiger partial charge in [0.2, 0.25) is 0 Å². The van der Waals surface area contributed by atoms with Crippen molar-refractivity contribution in [3.8, 4) is 6.01 Å². The topological polar surface area (TPSA) is 70.2 Å². The third kappa shape index (κ3) is 3.54. The van der Waals surface area contributed by atoms with Crippen molar-refractivity contribution in [3.63, 3.8) is 0 Å². The molecule has 1 aliphatic rings. The number of aryl methyl sites for hydroxylation is 2. The van der Waals surface area contributed by atoms with Crippen LogP contribution in [0.15, 0.2) is 36.5 Å². The van der Waals surface area contributed by atoms with Crippen molar-refractivity contribution >= 4 is 5.82 Å². The molecule has 0 fully saturated rings. The van der Waals surface area contributed by atoms with Crippen molar-refractivity contribution in [2.24, 2.45) is 0 Å². The number of hydrogen-bond donors (Lipinski definition) is 0. The summed E-state index contributed by atoms with van der Waals surface area (Å²) in [4.78, 5) is 13.5. The van der Waals surface area contributed by atoms with Gasteiger partial charge in [-0.05, 0) is 18.3 Å². The van der Waals surface area contributed by atoms with Crippen LogP contribution in [0, 0.1) is 17.0 Å². The van der Waals surface area contributed by atoms with Gasteiger partial charge in [0.1, 0.15) is 6.20 Å². The lowest BCUT2D eigenvalue weighted by atomic mass is 10.2. The van der Waals surface area contributed by atoms with E-state index in [9.17, 15) is 10.1 Å². The van der Waals surface area contributed by atoms with Gasteiger partial charge in [0.15, 0.2) is 0 Å². The zero-order valence-electron chi connectivity index (χ0n) is 10.7. The lowest BCUT2D eigenvalue weighted by molar-refractivity contribution is -0.389. The fraction of sp³-hybridized carbons (Fsp3) is 0.308. The average Bonchev–Trinajstić information content (AvgIpc) is 2.84. The lowest BCUT2D eigenvalue weighted by Gasteiger charge is -2.09. The number of benzene rings is 1. The Hall–Kier alpha value is -2.37. The molecule has 1 aromatic carbocycles. The van der Waals surface area contributed by atoms with Gasteiger partial charge in [-0.15, -0.1) is 0 Å². The second-order valence-electron chi connectivity index (χ2n) is 4.19. The highest BCUT2D eigenvalue weighted by atomic mass is 16.6. The molecule has 2 aromatic rings. The number of nitrogens with zero attached hydrogens (tertiary/aromatic N) is 3. The Kier molecular flexibility index (Phi) is 4.12. The van der Waals surface area contributed by atoms with Gasteiger partial charge in [0.05, 0.1) is 6.61 Å². The van der Waals surface area contributed by atoms with Crippen LogP contribution in [0.2, 0.25) is 0 Å². The number of imidazole rings is 1. The number of fused-ring (bicyclic) bond motifs is 1. The molecule has 1 aliphatic heterocycles. The van der Waals surface area contributed by atoms with E-state index in [-0.39, 0.29) is 5.82 Å². The molecule has 0 unspecified atom stereocenters. The molecular formula is C13H15N3O3. The van der Waals surface area contributed by atoms with E-state index in [4.69, 9.17) is 4.74 Å². The highest BCUT2D eigenvalue weighted by Crippen LogP contribution is 2.20. The van der Waals surface area contributed by atoms with Crippen molar-refractivity contribution in [2.75, 3.05) is 6.61 Å². The van der Waals surface area contributed by atoms with Crippen LogP contribution < -0.4 is 4.74 Å². The molecule has 0 aliphatic carbocycles. The molecular weight excluding hydrogens is 246 g/mol. The van der Waals surface area contributed by atoms with Crippen LogP contribution in [-0.4, -0.2) is 21.1 Å². The summed E-state index contributed by atoms with van der Waals surface area (Å²) in [6, 6.07) is 10.6. The minimum atomic E-state index is -0.519. The zero-order valence-corrected chi connectivity index (χ0v) is 10.7. The molecule has 0 saturated carbocycles. The quantitative estimate of drug-likeness (QED) is 0.584. The predicted molar refractivity (Wildman–Crippen MR) is 70.2 cm³/mol. The number of nitro groups is 1. The van der Waals surface area contributed by atoms with Crippen molar-refractivity contribution in [1.82, 2.24) is 9.55 Å². The molecule has 19 heavy (non-hydrogen) atoms. The van der Waals surface area contributed by atoms with Gasteiger partial charge in [-0.1, -0.05) is 35.9 Å². The number of aromatic nitrogens is 2. The minimum absolute atomic E-state index is 0.146. The smallest absolute Gasteiger partial charge is 0.414 e. The lowest BCUT2D eigenvalue weighted by Crippen LogP contribution is -2.13. The van der Waals surface area contributed by atoms with E-state index in [1.54, 1.807) is 4.57 Å². The third-order valence-corrected chi connectivity index (χ3v) is 2.63. The predicted octanol–water partition coefficient (Wildman–Crippen LogP) is 2.57. The van der Waals surface area contributed by atoms with Gasteiger partial charge in [0.25, 0.3) is 0 Å². The Morgan fingerprint density at radius 3 is 2.63 bits per heavy atom. The van der Waals surface area contributed by atoms with Crippen LogP contribution in [-0.2, 0) is 6.54 Å². The number of hydrogen-bond acceptors (Lipinski definition) is 4. The van der Waals surface area contributed by atoms with Crippen LogP contribution in [0.25, 0.3) is 0 Å². The molecule has 0 atom stereocenters. The molecule has 3 rings (SSSR count).